The molecule has 0 saturated heterocycles. The van der Waals surface area contributed by atoms with Crippen LogP contribution in [-0.4, -0.2) is 22.0 Å². The van der Waals surface area contributed by atoms with E-state index in [0.29, 0.717) is 4.88 Å². The molecule has 160 valence electrons. The van der Waals surface area contributed by atoms with Crippen LogP contribution in [0.15, 0.2) is 48.6 Å². The van der Waals surface area contributed by atoms with E-state index in [1.54, 1.807) is 12.1 Å². The van der Waals surface area contributed by atoms with Crippen molar-refractivity contribution in [1.82, 2.24) is 0 Å². The molecule has 0 amide bonds. The number of aryl methyl sites for hydroxylation is 1. The molecular weight excluding hydrogens is 396 g/mol. The molecule has 2 N–H and O–H groups in total. The quantitative estimate of drug-likeness (QED) is 0.437. The van der Waals surface area contributed by atoms with Crippen LogP contribution in [-0.2, 0) is 11.2 Å². The third kappa shape index (κ3) is 5.67. The Balaban J connectivity index is 1.57. The van der Waals surface area contributed by atoms with Gasteiger partial charge in [0.15, 0.2) is 5.78 Å². The highest BCUT2D eigenvalue weighted by molar-refractivity contribution is 7.13. The van der Waals surface area contributed by atoms with Crippen molar-refractivity contribution in [1.29, 1.82) is 0 Å². The molecule has 4 nitrogen and oxygen atoms in total. The van der Waals surface area contributed by atoms with E-state index in [4.69, 9.17) is 5.11 Å². The molecule has 0 bridgehead atoms. The number of aromatic carboxylic acids is 1. The number of carboxylic acids is 1. The van der Waals surface area contributed by atoms with Gasteiger partial charge in [0.25, 0.3) is 0 Å². The summed E-state index contributed by atoms with van der Waals surface area (Å²) in [4.78, 5) is 24.9. The van der Waals surface area contributed by atoms with Crippen LogP contribution in [0.3, 0.4) is 0 Å². The number of unbranched alkanes of at least 4 members (excludes halogenated alkanes) is 2. The van der Waals surface area contributed by atoms with Crippen molar-refractivity contribution in [2.24, 2.45) is 5.92 Å². The Morgan fingerprint density at radius 1 is 1.10 bits per heavy atom. The van der Waals surface area contributed by atoms with E-state index < -0.39 is 12.1 Å². The zero-order valence-corrected chi connectivity index (χ0v) is 18.2. The third-order valence-corrected chi connectivity index (χ3v) is 6.97. The van der Waals surface area contributed by atoms with Gasteiger partial charge in [0.1, 0.15) is 4.88 Å². The summed E-state index contributed by atoms with van der Waals surface area (Å²) < 4.78 is 0. The number of rotatable bonds is 11. The Kier molecular flexibility index (Phi) is 8.00. The molecule has 1 aliphatic rings. The predicted octanol–water partition coefficient (Wildman–Crippen LogP) is 5.92. The van der Waals surface area contributed by atoms with Gasteiger partial charge in [-0.1, -0.05) is 56.5 Å². The summed E-state index contributed by atoms with van der Waals surface area (Å²) >= 11 is 1.32. The fourth-order valence-electron chi connectivity index (χ4n) is 4.14. The van der Waals surface area contributed by atoms with Gasteiger partial charge in [-0.3, -0.25) is 4.79 Å². The van der Waals surface area contributed by atoms with Crippen LogP contribution in [0, 0.1) is 5.92 Å². The molecule has 1 unspecified atom stereocenters. The van der Waals surface area contributed by atoms with Gasteiger partial charge < -0.3 is 10.2 Å². The lowest BCUT2D eigenvalue weighted by atomic mass is 9.84. The van der Waals surface area contributed by atoms with Gasteiger partial charge >= 0.3 is 5.97 Å². The number of carbonyl (C=O) groups excluding carboxylic acids is 1. The van der Waals surface area contributed by atoms with Crippen molar-refractivity contribution in [3.05, 3.63) is 69.4 Å². The third-order valence-electron chi connectivity index (χ3n) is 5.84. The Bertz CT molecular complexity index is 881. The highest BCUT2D eigenvalue weighted by atomic mass is 32.1. The summed E-state index contributed by atoms with van der Waals surface area (Å²) in [6.07, 6.45) is 9.93. The maximum Gasteiger partial charge on any atom is 0.345 e. The zero-order valence-electron chi connectivity index (χ0n) is 17.4. The number of ketones is 1. The summed E-state index contributed by atoms with van der Waals surface area (Å²) in [6, 6.07) is 11.4. The summed E-state index contributed by atoms with van der Waals surface area (Å²) in [7, 11) is 0. The number of thiophene rings is 1. The monoisotopic (exact) mass is 426 g/mol. The number of hydrogen-bond donors (Lipinski definition) is 2. The van der Waals surface area contributed by atoms with E-state index in [1.807, 2.05) is 36.4 Å². The molecule has 3 rings (SSSR count). The summed E-state index contributed by atoms with van der Waals surface area (Å²) in [5, 5.41) is 19.4. The maximum absolute atomic E-state index is 12.5. The molecule has 0 aliphatic heterocycles. The Morgan fingerprint density at radius 3 is 2.53 bits per heavy atom. The minimum Gasteiger partial charge on any atom is -0.477 e. The minimum atomic E-state index is -0.880. The van der Waals surface area contributed by atoms with Crippen LogP contribution < -0.4 is 0 Å². The molecular formula is C25H30O4S. The van der Waals surface area contributed by atoms with E-state index >= 15 is 0 Å². The molecule has 0 saturated carbocycles. The number of carboxylic acid groups (broad SMARTS) is 1. The van der Waals surface area contributed by atoms with Gasteiger partial charge in [-0.25, -0.2) is 4.79 Å². The minimum absolute atomic E-state index is 0.139. The van der Waals surface area contributed by atoms with Gasteiger partial charge in [-0.15, -0.1) is 11.3 Å². The maximum atomic E-state index is 12.5. The van der Waals surface area contributed by atoms with Crippen molar-refractivity contribution >= 4 is 23.1 Å². The van der Waals surface area contributed by atoms with Gasteiger partial charge in [0.05, 0.1) is 12.0 Å². The fraction of sp³-hybridized carbons (Fsp3) is 0.440. The zero-order chi connectivity index (χ0) is 21.5. The molecule has 5 heteroatoms. The molecule has 1 aliphatic carbocycles. The smallest absolute Gasteiger partial charge is 0.345 e. The van der Waals surface area contributed by atoms with Gasteiger partial charge in [0.2, 0.25) is 0 Å². The second-order valence-corrected chi connectivity index (χ2v) is 9.21. The van der Waals surface area contributed by atoms with E-state index in [1.165, 1.54) is 11.3 Å². The normalized spacial score (nSPS) is 19.3. The summed E-state index contributed by atoms with van der Waals surface area (Å²) in [5.41, 5.74) is 1.92. The summed E-state index contributed by atoms with van der Waals surface area (Å²) in [6.45, 7) is 2.15. The highest BCUT2D eigenvalue weighted by Gasteiger charge is 2.31. The topological polar surface area (TPSA) is 74.6 Å². The average Bonchev–Trinajstić information content (AvgIpc) is 3.35. The highest BCUT2D eigenvalue weighted by Crippen LogP contribution is 2.36. The van der Waals surface area contributed by atoms with Crippen LogP contribution in [0.2, 0.25) is 0 Å². The number of aliphatic hydroxyl groups is 1. The average molecular weight is 427 g/mol. The second-order valence-electron chi connectivity index (χ2n) is 8.04. The molecule has 30 heavy (non-hydrogen) atoms. The molecule has 1 aromatic carbocycles. The lowest BCUT2D eigenvalue weighted by Crippen LogP contribution is -2.14. The van der Waals surface area contributed by atoms with Crippen molar-refractivity contribution < 1.29 is 19.8 Å². The van der Waals surface area contributed by atoms with E-state index in [0.717, 1.165) is 60.9 Å². The van der Waals surface area contributed by atoms with Crippen LogP contribution >= 0.6 is 11.3 Å². The van der Waals surface area contributed by atoms with Crippen molar-refractivity contribution in [3.8, 4) is 0 Å². The number of hydrogen-bond acceptors (Lipinski definition) is 4. The molecule has 1 aromatic heterocycles. The Labute approximate surface area is 182 Å². The molecule has 0 fully saturated rings. The Hall–Kier alpha value is -2.24. The van der Waals surface area contributed by atoms with Gasteiger partial charge in [-0.2, -0.15) is 0 Å². The van der Waals surface area contributed by atoms with Crippen molar-refractivity contribution in [2.45, 2.75) is 63.9 Å². The predicted molar refractivity (Wildman–Crippen MR) is 120 cm³/mol. The molecule has 1 heterocycles. The second kappa shape index (κ2) is 10.7. The standard InChI is InChI=1S/C25H30O4S/c1-2-3-4-8-21(26)17-9-11-19(12-10-17)24-18(13-15-22(24)27)6-5-7-20-14-16-23(30-20)25(28)29/h9-16,18,21,24,26H,2-8H2,1H3,(H,28,29)/t18-,21?,24-/m0/s1. The molecule has 0 spiro atoms. The molecule has 2 aromatic rings. The number of carbonyl (C=O) groups is 2. The largest absolute Gasteiger partial charge is 0.477 e. The number of benzene rings is 1. The fourth-order valence-corrected chi connectivity index (χ4v) is 5.03. The van der Waals surface area contributed by atoms with E-state index in [-0.39, 0.29) is 17.6 Å². The van der Waals surface area contributed by atoms with Gasteiger partial charge in [0, 0.05) is 4.88 Å². The number of allylic oxidation sites excluding steroid dienone is 2. The lowest BCUT2D eigenvalue weighted by molar-refractivity contribution is -0.116. The van der Waals surface area contributed by atoms with E-state index in [2.05, 4.69) is 6.92 Å². The van der Waals surface area contributed by atoms with E-state index in [9.17, 15) is 14.7 Å². The first kappa shape index (κ1) is 22.4. The molecule has 0 radical (unpaired) electrons. The van der Waals surface area contributed by atoms with Crippen LogP contribution in [0.25, 0.3) is 0 Å². The van der Waals surface area contributed by atoms with Crippen LogP contribution in [0.4, 0.5) is 0 Å². The first-order chi connectivity index (χ1) is 14.5. The molecule has 3 atom stereocenters. The first-order valence-corrected chi connectivity index (χ1v) is 11.6. The van der Waals surface area contributed by atoms with Gasteiger partial charge in [-0.05, 0) is 60.9 Å². The number of aliphatic hydroxyl groups excluding tert-OH is 1. The Morgan fingerprint density at radius 2 is 1.87 bits per heavy atom. The SMILES string of the molecule is CCCCCC(O)c1ccc([C@H]2C(=O)C=C[C@@H]2CCCc2ccc(C(=O)O)s2)cc1. The first-order valence-electron chi connectivity index (χ1n) is 10.8. The van der Waals surface area contributed by atoms with Crippen molar-refractivity contribution in [2.75, 3.05) is 0 Å². The lowest BCUT2D eigenvalue weighted by Gasteiger charge is -2.19. The van der Waals surface area contributed by atoms with Crippen LogP contribution in [0.1, 0.15) is 83.1 Å². The van der Waals surface area contributed by atoms with Crippen LogP contribution in [0.5, 0.6) is 0 Å². The summed E-state index contributed by atoms with van der Waals surface area (Å²) in [5.74, 6) is -0.735. The van der Waals surface area contributed by atoms with Crippen molar-refractivity contribution in [3.63, 3.8) is 0 Å².